The van der Waals surface area contributed by atoms with E-state index in [1.54, 1.807) is 6.07 Å². The summed E-state index contributed by atoms with van der Waals surface area (Å²) in [7, 11) is 1.50. The number of alkyl halides is 2. The van der Waals surface area contributed by atoms with Crippen LogP contribution in [0.1, 0.15) is 18.1 Å². The van der Waals surface area contributed by atoms with Gasteiger partial charge in [0.1, 0.15) is 12.4 Å². The van der Waals surface area contributed by atoms with Crippen molar-refractivity contribution >= 4 is 0 Å². The summed E-state index contributed by atoms with van der Waals surface area (Å²) in [5.41, 5.74) is 0.574. The normalized spacial score (nSPS) is 12.8. The second kappa shape index (κ2) is 7.13. The smallest absolute Gasteiger partial charge is 0.261 e. The summed E-state index contributed by atoms with van der Waals surface area (Å²) in [6, 6.07) is 1.64. The monoisotopic (exact) mass is 247 g/mol. The van der Waals surface area contributed by atoms with Crippen molar-refractivity contribution in [1.29, 1.82) is 0 Å². The lowest BCUT2D eigenvalue weighted by atomic mass is 10.1. The number of ether oxygens (including phenoxy) is 2. The second-order valence-corrected chi connectivity index (χ2v) is 3.43. The summed E-state index contributed by atoms with van der Waals surface area (Å²) in [5.74, 6) is 0.537. The highest BCUT2D eigenvalue weighted by atomic mass is 19.3. The zero-order chi connectivity index (χ0) is 12.7. The van der Waals surface area contributed by atoms with Crippen LogP contribution in [0.25, 0.3) is 0 Å². The van der Waals surface area contributed by atoms with Crippen molar-refractivity contribution in [3.8, 4) is 5.75 Å². The maximum absolute atomic E-state index is 11.8. The zero-order valence-corrected chi connectivity index (χ0v) is 9.47. The van der Waals surface area contributed by atoms with E-state index in [4.69, 9.17) is 4.74 Å². The number of methoxy groups -OCH3 is 1. The van der Waals surface area contributed by atoms with E-state index in [2.05, 4.69) is 9.72 Å². The Morgan fingerprint density at radius 3 is 2.82 bits per heavy atom. The van der Waals surface area contributed by atoms with Gasteiger partial charge in [-0.15, -0.1) is 0 Å². The Kier molecular flexibility index (Phi) is 5.79. The fourth-order valence-electron chi connectivity index (χ4n) is 1.26. The molecule has 0 fully saturated rings. The summed E-state index contributed by atoms with van der Waals surface area (Å²) in [6.45, 7) is -0.536. The first-order valence-electron chi connectivity index (χ1n) is 5.16. The van der Waals surface area contributed by atoms with Gasteiger partial charge in [-0.2, -0.15) is 0 Å². The van der Waals surface area contributed by atoms with Crippen LogP contribution in [0.3, 0.4) is 0 Å². The molecule has 0 aliphatic rings. The van der Waals surface area contributed by atoms with Gasteiger partial charge in [0, 0.05) is 24.8 Å². The number of rotatable bonds is 7. The van der Waals surface area contributed by atoms with Crippen molar-refractivity contribution in [2.24, 2.45) is 0 Å². The van der Waals surface area contributed by atoms with E-state index in [-0.39, 0.29) is 13.0 Å². The number of aliphatic hydroxyl groups is 1. The Morgan fingerprint density at radius 2 is 2.18 bits per heavy atom. The SMILES string of the molecule is COc1cncc(C(O)CCOCC(F)F)c1. The molecule has 6 heteroatoms. The van der Waals surface area contributed by atoms with E-state index in [9.17, 15) is 13.9 Å². The molecule has 17 heavy (non-hydrogen) atoms. The van der Waals surface area contributed by atoms with Crippen LogP contribution in [-0.2, 0) is 4.74 Å². The van der Waals surface area contributed by atoms with Crippen molar-refractivity contribution in [1.82, 2.24) is 4.98 Å². The van der Waals surface area contributed by atoms with Crippen LogP contribution in [0.15, 0.2) is 18.5 Å². The van der Waals surface area contributed by atoms with Gasteiger partial charge in [-0.25, -0.2) is 8.78 Å². The molecule has 1 aromatic rings. The summed E-state index contributed by atoms with van der Waals surface area (Å²) < 4.78 is 33.2. The predicted molar refractivity (Wildman–Crippen MR) is 57.2 cm³/mol. The molecule has 1 unspecified atom stereocenters. The number of aliphatic hydroxyl groups excluding tert-OH is 1. The van der Waals surface area contributed by atoms with E-state index in [1.807, 2.05) is 0 Å². The largest absolute Gasteiger partial charge is 0.495 e. The van der Waals surface area contributed by atoms with Gasteiger partial charge in [0.15, 0.2) is 0 Å². The molecule has 0 aromatic carbocycles. The zero-order valence-electron chi connectivity index (χ0n) is 9.47. The van der Waals surface area contributed by atoms with E-state index in [0.29, 0.717) is 11.3 Å². The topological polar surface area (TPSA) is 51.6 Å². The molecule has 4 nitrogen and oxygen atoms in total. The van der Waals surface area contributed by atoms with E-state index in [0.717, 1.165) is 0 Å². The maximum atomic E-state index is 11.8. The number of halogens is 2. The lowest BCUT2D eigenvalue weighted by molar-refractivity contribution is 0.00476. The van der Waals surface area contributed by atoms with Crippen LogP contribution in [0.5, 0.6) is 5.75 Å². The fraction of sp³-hybridized carbons (Fsp3) is 0.545. The third kappa shape index (κ3) is 5.06. The molecule has 1 N–H and O–H groups in total. The summed E-state index contributed by atoms with van der Waals surface area (Å²) in [5, 5.41) is 9.74. The van der Waals surface area contributed by atoms with Crippen molar-refractivity contribution < 1.29 is 23.4 Å². The minimum atomic E-state index is -2.48. The van der Waals surface area contributed by atoms with Crippen molar-refractivity contribution in [3.63, 3.8) is 0 Å². The number of pyridine rings is 1. The minimum Gasteiger partial charge on any atom is -0.495 e. The van der Waals surface area contributed by atoms with Gasteiger partial charge >= 0.3 is 0 Å². The average Bonchev–Trinajstić information content (AvgIpc) is 2.34. The Bertz CT molecular complexity index is 336. The van der Waals surface area contributed by atoms with Gasteiger partial charge in [0.05, 0.1) is 19.4 Å². The third-order valence-corrected chi connectivity index (χ3v) is 2.13. The fourth-order valence-corrected chi connectivity index (χ4v) is 1.26. The van der Waals surface area contributed by atoms with Crippen molar-refractivity contribution in [3.05, 3.63) is 24.0 Å². The quantitative estimate of drug-likeness (QED) is 0.746. The Labute approximate surface area is 98.2 Å². The van der Waals surface area contributed by atoms with Crippen LogP contribution < -0.4 is 4.74 Å². The Morgan fingerprint density at radius 1 is 1.41 bits per heavy atom. The Hall–Kier alpha value is -1.27. The van der Waals surface area contributed by atoms with Gasteiger partial charge in [0.25, 0.3) is 6.43 Å². The van der Waals surface area contributed by atoms with E-state index < -0.39 is 19.1 Å². The number of nitrogens with zero attached hydrogens (tertiary/aromatic N) is 1. The minimum absolute atomic E-state index is 0.0721. The van der Waals surface area contributed by atoms with Crippen molar-refractivity contribution in [2.45, 2.75) is 19.0 Å². The summed E-state index contributed by atoms with van der Waals surface area (Å²) in [6.07, 6.45) is -0.0216. The lowest BCUT2D eigenvalue weighted by Crippen LogP contribution is -2.08. The molecule has 1 atom stereocenters. The van der Waals surface area contributed by atoms with E-state index >= 15 is 0 Å². The van der Waals surface area contributed by atoms with Crippen LogP contribution in [0.4, 0.5) is 8.78 Å². The van der Waals surface area contributed by atoms with Crippen LogP contribution in [-0.4, -0.2) is 36.8 Å². The average molecular weight is 247 g/mol. The molecular formula is C11H15F2NO3. The standard InChI is InChI=1S/C11H15F2NO3/c1-16-9-4-8(5-14-6-9)10(15)2-3-17-7-11(12)13/h4-6,10-11,15H,2-3,7H2,1H3. The molecule has 0 saturated heterocycles. The van der Waals surface area contributed by atoms with Gasteiger partial charge in [-0.05, 0) is 6.07 Å². The molecule has 1 aromatic heterocycles. The van der Waals surface area contributed by atoms with Crippen LogP contribution in [0, 0.1) is 0 Å². The molecule has 1 heterocycles. The number of hydrogen-bond acceptors (Lipinski definition) is 4. The molecule has 0 aliphatic carbocycles. The molecule has 1 rings (SSSR count). The van der Waals surface area contributed by atoms with E-state index in [1.165, 1.54) is 19.5 Å². The molecule has 0 spiro atoms. The molecule has 0 radical (unpaired) electrons. The second-order valence-electron chi connectivity index (χ2n) is 3.43. The van der Waals surface area contributed by atoms with Crippen molar-refractivity contribution in [2.75, 3.05) is 20.3 Å². The molecular weight excluding hydrogens is 232 g/mol. The lowest BCUT2D eigenvalue weighted by Gasteiger charge is -2.11. The first-order valence-corrected chi connectivity index (χ1v) is 5.16. The Balaban J connectivity index is 2.38. The molecule has 0 bridgehead atoms. The van der Waals surface area contributed by atoms with Gasteiger partial charge in [-0.1, -0.05) is 0 Å². The molecule has 96 valence electrons. The van der Waals surface area contributed by atoms with Gasteiger partial charge < -0.3 is 14.6 Å². The molecule has 0 aliphatic heterocycles. The first-order chi connectivity index (χ1) is 8.13. The van der Waals surface area contributed by atoms with Gasteiger partial charge in [0.2, 0.25) is 0 Å². The molecule has 0 saturated carbocycles. The highest BCUT2D eigenvalue weighted by molar-refractivity contribution is 5.24. The predicted octanol–water partition coefficient (Wildman–Crippen LogP) is 1.80. The first kappa shape index (κ1) is 13.8. The highest BCUT2D eigenvalue weighted by Gasteiger charge is 2.10. The summed E-state index contributed by atoms with van der Waals surface area (Å²) in [4.78, 5) is 3.89. The van der Waals surface area contributed by atoms with Gasteiger partial charge in [-0.3, -0.25) is 4.98 Å². The number of hydrogen-bond donors (Lipinski definition) is 1. The molecule has 0 amide bonds. The third-order valence-electron chi connectivity index (χ3n) is 2.13. The van der Waals surface area contributed by atoms with Crippen LogP contribution in [0.2, 0.25) is 0 Å². The highest BCUT2D eigenvalue weighted by Crippen LogP contribution is 2.19. The maximum Gasteiger partial charge on any atom is 0.261 e. The summed E-state index contributed by atoms with van der Waals surface area (Å²) >= 11 is 0. The number of aromatic nitrogens is 1. The van der Waals surface area contributed by atoms with Crippen LogP contribution >= 0.6 is 0 Å².